The lowest BCUT2D eigenvalue weighted by Crippen LogP contribution is -2.36. The molecule has 3 aromatic rings. The van der Waals surface area contributed by atoms with E-state index in [1.54, 1.807) is 0 Å². The van der Waals surface area contributed by atoms with Gasteiger partial charge in [0.2, 0.25) is 5.88 Å². The van der Waals surface area contributed by atoms with E-state index in [2.05, 4.69) is 51.4 Å². The van der Waals surface area contributed by atoms with Crippen molar-refractivity contribution in [2.45, 2.75) is 39.0 Å². The van der Waals surface area contributed by atoms with E-state index in [1.165, 1.54) is 18.4 Å². The van der Waals surface area contributed by atoms with Gasteiger partial charge in [-0.15, -0.1) is 0 Å². The van der Waals surface area contributed by atoms with Crippen molar-refractivity contribution in [3.8, 4) is 11.3 Å². The van der Waals surface area contributed by atoms with E-state index in [9.17, 15) is 5.11 Å². The standard InChI is InChI=1S/C27H35N3O3/c1-3-32-20-24(31)18-30(17-22-14-15-22)19-25-26(23-12-8-5-9-13-23)28-33-27(25)29(2)16-21-10-6-4-7-11-21/h4-13,22,24,31H,3,14-20H2,1-2H3. The Bertz CT molecular complexity index is 973. The Labute approximate surface area is 196 Å². The zero-order chi connectivity index (χ0) is 23.0. The molecule has 6 nitrogen and oxygen atoms in total. The smallest absolute Gasteiger partial charge is 0.232 e. The molecule has 33 heavy (non-hydrogen) atoms. The summed E-state index contributed by atoms with van der Waals surface area (Å²) in [6.45, 7) is 5.84. The molecule has 2 aromatic carbocycles. The van der Waals surface area contributed by atoms with Gasteiger partial charge in [-0.2, -0.15) is 0 Å². The summed E-state index contributed by atoms with van der Waals surface area (Å²) in [5.41, 5.74) is 4.18. The molecule has 6 heteroatoms. The van der Waals surface area contributed by atoms with Gasteiger partial charge in [0, 0.05) is 45.4 Å². The minimum absolute atomic E-state index is 0.355. The Morgan fingerprint density at radius 1 is 1.06 bits per heavy atom. The fraction of sp³-hybridized carbons (Fsp3) is 0.444. The number of ether oxygens (including phenoxy) is 1. The van der Waals surface area contributed by atoms with Gasteiger partial charge >= 0.3 is 0 Å². The molecule has 1 unspecified atom stereocenters. The summed E-state index contributed by atoms with van der Waals surface area (Å²) in [5.74, 6) is 1.48. The summed E-state index contributed by atoms with van der Waals surface area (Å²) in [5, 5.41) is 15.1. The molecule has 0 spiro atoms. The molecule has 1 aromatic heterocycles. The van der Waals surface area contributed by atoms with Crippen LogP contribution < -0.4 is 4.90 Å². The molecule has 0 radical (unpaired) electrons. The summed E-state index contributed by atoms with van der Waals surface area (Å²) in [4.78, 5) is 4.45. The normalized spacial score (nSPS) is 14.5. The third-order valence-electron chi connectivity index (χ3n) is 6.00. The van der Waals surface area contributed by atoms with Gasteiger partial charge in [0.05, 0.1) is 18.3 Å². The van der Waals surface area contributed by atoms with Gasteiger partial charge in [-0.05, 0) is 31.2 Å². The minimum atomic E-state index is -0.519. The zero-order valence-electron chi connectivity index (χ0n) is 19.7. The van der Waals surface area contributed by atoms with Crippen LogP contribution in [0.15, 0.2) is 65.2 Å². The first-order valence-electron chi connectivity index (χ1n) is 11.9. The van der Waals surface area contributed by atoms with Crippen LogP contribution in [0.1, 0.15) is 30.9 Å². The Kier molecular flexibility index (Phi) is 8.15. The molecule has 0 bridgehead atoms. The maximum absolute atomic E-state index is 10.6. The van der Waals surface area contributed by atoms with Crippen molar-refractivity contribution < 1.29 is 14.4 Å². The quantitative estimate of drug-likeness (QED) is 0.412. The second-order valence-corrected chi connectivity index (χ2v) is 8.97. The third kappa shape index (κ3) is 6.67. The number of aromatic nitrogens is 1. The van der Waals surface area contributed by atoms with Crippen molar-refractivity contribution >= 4 is 5.88 Å². The molecule has 1 aliphatic rings. The molecule has 1 N–H and O–H groups in total. The van der Waals surface area contributed by atoms with E-state index in [0.717, 1.165) is 35.8 Å². The van der Waals surface area contributed by atoms with Crippen molar-refractivity contribution in [3.05, 3.63) is 71.8 Å². The second kappa shape index (κ2) is 11.5. The van der Waals surface area contributed by atoms with Crippen LogP contribution in [0.2, 0.25) is 0 Å². The van der Waals surface area contributed by atoms with Crippen LogP contribution >= 0.6 is 0 Å². The van der Waals surface area contributed by atoms with Crippen molar-refractivity contribution in [3.63, 3.8) is 0 Å². The highest BCUT2D eigenvalue weighted by Crippen LogP contribution is 2.35. The first kappa shape index (κ1) is 23.5. The van der Waals surface area contributed by atoms with Crippen molar-refractivity contribution in [1.82, 2.24) is 10.1 Å². The number of nitrogens with zero attached hydrogens (tertiary/aromatic N) is 3. The number of aliphatic hydroxyl groups is 1. The van der Waals surface area contributed by atoms with Gasteiger partial charge in [0.25, 0.3) is 0 Å². The molecule has 4 rings (SSSR count). The van der Waals surface area contributed by atoms with E-state index in [4.69, 9.17) is 9.26 Å². The number of anilines is 1. The molecule has 176 valence electrons. The van der Waals surface area contributed by atoms with Crippen molar-refractivity contribution in [1.29, 1.82) is 0 Å². The van der Waals surface area contributed by atoms with Gasteiger partial charge in [0.15, 0.2) is 0 Å². The lowest BCUT2D eigenvalue weighted by Gasteiger charge is -2.26. The van der Waals surface area contributed by atoms with Gasteiger partial charge in [-0.1, -0.05) is 65.8 Å². The minimum Gasteiger partial charge on any atom is -0.389 e. The zero-order valence-corrected chi connectivity index (χ0v) is 19.7. The molecule has 1 atom stereocenters. The highest BCUT2D eigenvalue weighted by molar-refractivity contribution is 5.68. The highest BCUT2D eigenvalue weighted by atomic mass is 16.5. The predicted octanol–water partition coefficient (Wildman–Crippen LogP) is 4.59. The van der Waals surface area contributed by atoms with Gasteiger partial charge in [-0.25, -0.2) is 0 Å². The number of hydrogen-bond acceptors (Lipinski definition) is 6. The third-order valence-corrected chi connectivity index (χ3v) is 6.00. The maximum atomic E-state index is 10.6. The predicted molar refractivity (Wildman–Crippen MR) is 131 cm³/mol. The average molecular weight is 450 g/mol. The van der Waals surface area contributed by atoms with Crippen LogP contribution in [-0.4, -0.2) is 54.6 Å². The van der Waals surface area contributed by atoms with E-state index in [1.807, 2.05) is 38.2 Å². The Hall–Kier alpha value is -2.67. The van der Waals surface area contributed by atoms with E-state index in [-0.39, 0.29) is 0 Å². The lowest BCUT2D eigenvalue weighted by atomic mass is 10.1. The number of hydrogen-bond donors (Lipinski definition) is 1. The Balaban J connectivity index is 1.60. The average Bonchev–Trinajstić information content (AvgIpc) is 3.55. The summed E-state index contributed by atoms with van der Waals surface area (Å²) in [6.07, 6.45) is 2.00. The molecule has 1 saturated carbocycles. The van der Waals surface area contributed by atoms with E-state index >= 15 is 0 Å². The number of aliphatic hydroxyl groups excluding tert-OH is 1. The van der Waals surface area contributed by atoms with Gasteiger partial charge in [-0.3, -0.25) is 4.90 Å². The lowest BCUT2D eigenvalue weighted by molar-refractivity contribution is 0.0187. The largest absolute Gasteiger partial charge is 0.389 e. The SMILES string of the molecule is CCOCC(O)CN(Cc1c(-c2ccccc2)noc1N(C)Cc1ccccc1)CC1CC1. The van der Waals surface area contributed by atoms with E-state index in [0.29, 0.717) is 32.2 Å². The summed E-state index contributed by atoms with van der Waals surface area (Å²) < 4.78 is 11.4. The summed E-state index contributed by atoms with van der Waals surface area (Å²) >= 11 is 0. The van der Waals surface area contributed by atoms with Crippen LogP contribution in [0.4, 0.5) is 5.88 Å². The van der Waals surface area contributed by atoms with Crippen molar-refractivity contribution in [2.75, 3.05) is 38.3 Å². The maximum Gasteiger partial charge on any atom is 0.232 e. The second-order valence-electron chi connectivity index (χ2n) is 8.97. The van der Waals surface area contributed by atoms with Gasteiger partial charge < -0.3 is 19.3 Å². The molecule has 1 fully saturated rings. The topological polar surface area (TPSA) is 62.0 Å². The first-order valence-corrected chi connectivity index (χ1v) is 11.9. The Morgan fingerprint density at radius 3 is 2.42 bits per heavy atom. The van der Waals surface area contributed by atoms with Crippen LogP contribution in [0.25, 0.3) is 11.3 Å². The van der Waals surface area contributed by atoms with Crippen LogP contribution in [-0.2, 0) is 17.8 Å². The van der Waals surface area contributed by atoms with E-state index < -0.39 is 6.10 Å². The molecular weight excluding hydrogens is 414 g/mol. The fourth-order valence-electron chi connectivity index (χ4n) is 4.19. The van der Waals surface area contributed by atoms with Gasteiger partial charge in [0.1, 0.15) is 5.69 Å². The summed E-state index contributed by atoms with van der Waals surface area (Å²) in [6, 6.07) is 20.6. The Morgan fingerprint density at radius 2 is 1.76 bits per heavy atom. The highest BCUT2D eigenvalue weighted by Gasteiger charge is 2.29. The fourth-order valence-corrected chi connectivity index (χ4v) is 4.19. The first-order chi connectivity index (χ1) is 16.1. The van der Waals surface area contributed by atoms with Crippen molar-refractivity contribution in [2.24, 2.45) is 5.92 Å². The van der Waals surface area contributed by atoms with Crippen LogP contribution in [0, 0.1) is 5.92 Å². The molecule has 1 aliphatic carbocycles. The number of benzene rings is 2. The molecule has 1 heterocycles. The molecule has 0 amide bonds. The molecule has 0 saturated heterocycles. The summed E-state index contributed by atoms with van der Waals surface area (Å²) in [7, 11) is 2.04. The molecular formula is C27H35N3O3. The molecule has 0 aliphatic heterocycles. The number of rotatable bonds is 13. The monoisotopic (exact) mass is 449 g/mol. The van der Waals surface area contributed by atoms with Crippen LogP contribution in [0.5, 0.6) is 0 Å². The van der Waals surface area contributed by atoms with Crippen LogP contribution in [0.3, 0.4) is 0 Å².